The number of likely N-dealkylation sites (tertiary alicyclic amines) is 1. The van der Waals surface area contributed by atoms with Crippen molar-refractivity contribution in [1.82, 2.24) is 24.8 Å². The van der Waals surface area contributed by atoms with E-state index >= 15 is 0 Å². The molecule has 0 radical (unpaired) electrons. The first kappa shape index (κ1) is 21.7. The number of nitrogens with one attached hydrogen (secondary N) is 4. The Balaban J connectivity index is 1.31. The molecule has 0 saturated carbocycles. The van der Waals surface area contributed by atoms with Gasteiger partial charge in [0.1, 0.15) is 35.2 Å². The van der Waals surface area contributed by atoms with Crippen LogP contribution in [-0.2, 0) is 12.1 Å². The zero-order valence-corrected chi connectivity index (χ0v) is 18.8. The van der Waals surface area contributed by atoms with Gasteiger partial charge in [-0.1, -0.05) is 43.0 Å². The van der Waals surface area contributed by atoms with Crippen molar-refractivity contribution in [1.29, 1.82) is 5.41 Å². The van der Waals surface area contributed by atoms with E-state index in [1.165, 1.54) is 0 Å². The quantitative estimate of drug-likeness (QED) is 0.213. The molecule has 0 spiro atoms. The molecule has 1 fully saturated rings. The zero-order chi connectivity index (χ0) is 23.5. The van der Waals surface area contributed by atoms with Gasteiger partial charge in [-0.25, -0.2) is 9.97 Å². The number of ether oxygens (including phenoxy) is 1. The van der Waals surface area contributed by atoms with Gasteiger partial charge in [-0.15, -0.1) is 0 Å². The van der Waals surface area contributed by atoms with Crippen LogP contribution in [0.3, 0.4) is 0 Å². The van der Waals surface area contributed by atoms with E-state index in [9.17, 15) is 0 Å². The van der Waals surface area contributed by atoms with Crippen LogP contribution in [0.1, 0.15) is 29.9 Å². The molecule has 1 saturated heterocycles. The summed E-state index contributed by atoms with van der Waals surface area (Å²) in [5, 5.41) is 11.6. The molecule has 174 valence electrons. The number of fused-ring (bicyclic) bond motifs is 1. The largest absolute Gasteiger partial charge is 0.487 e. The van der Waals surface area contributed by atoms with Crippen LogP contribution >= 0.6 is 0 Å². The van der Waals surface area contributed by atoms with Gasteiger partial charge in [-0.2, -0.15) is 0 Å². The Morgan fingerprint density at radius 1 is 1.21 bits per heavy atom. The normalized spacial score (nSPS) is 15.3. The first-order valence-electron chi connectivity index (χ1n) is 11.3. The van der Waals surface area contributed by atoms with Crippen molar-refractivity contribution in [2.45, 2.75) is 25.0 Å². The highest BCUT2D eigenvalue weighted by Gasteiger charge is 2.36. The molecular formula is C25H28N8O. The lowest BCUT2D eigenvalue weighted by Gasteiger charge is -2.38. The fourth-order valence-electron chi connectivity index (χ4n) is 4.30. The van der Waals surface area contributed by atoms with Gasteiger partial charge in [0.15, 0.2) is 5.82 Å². The van der Waals surface area contributed by atoms with Crippen molar-refractivity contribution < 1.29 is 4.74 Å². The summed E-state index contributed by atoms with van der Waals surface area (Å²) in [6.45, 7) is 5.41. The third-order valence-corrected chi connectivity index (χ3v) is 6.27. The number of rotatable bonds is 7. The second-order valence-electron chi connectivity index (χ2n) is 8.48. The third kappa shape index (κ3) is 4.13. The summed E-state index contributed by atoms with van der Waals surface area (Å²) in [5.74, 6) is 2.45. The van der Waals surface area contributed by atoms with Gasteiger partial charge in [-0.3, -0.25) is 5.41 Å². The predicted octanol–water partition coefficient (Wildman–Crippen LogP) is 3.70. The number of para-hydroxylation sites is 1. The number of imidazole rings is 2. The number of benzene rings is 2. The Kier molecular flexibility index (Phi) is 5.77. The monoisotopic (exact) mass is 456 g/mol. The second kappa shape index (κ2) is 9.03. The number of piperidine rings is 1. The van der Waals surface area contributed by atoms with Crippen LogP contribution < -0.4 is 15.8 Å². The fourth-order valence-corrected chi connectivity index (χ4v) is 4.30. The molecule has 5 rings (SSSR count). The van der Waals surface area contributed by atoms with E-state index in [-0.39, 0.29) is 0 Å². The number of H-pyrrole nitrogens is 2. The lowest BCUT2D eigenvalue weighted by atomic mass is 9.87. The summed E-state index contributed by atoms with van der Waals surface area (Å²) in [4.78, 5) is 17.5. The van der Waals surface area contributed by atoms with Crippen LogP contribution in [-0.4, -0.2) is 43.8 Å². The van der Waals surface area contributed by atoms with Gasteiger partial charge in [0, 0.05) is 13.1 Å². The SMILES string of the molecule is C=CNc1nc[nH]c1C(=N)N1CCC(N)(c2nc3c(OCc4ccccc4)cccc3[nH]2)CC1. The molecule has 6 N–H and O–H groups in total. The maximum Gasteiger partial charge on any atom is 0.159 e. The van der Waals surface area contributed by atoms with Gasteiger partial charge >= 0.3 is 0 Å². The highest BCUT2D eigenvalue weighted by Crippen LogP contribution is 2.33. The number of nitrogens with two attached hydrogens (primary N) is 1. The van der Waals surface area contributed by atoms with Crippen LogP contribution in [0.25, 0.3) is 11.0 Å². The third-order valence-electron chi connectivity index (χ3n) is 6.27. The van der Waals surface area contributed by atoms with E-state index in [2.05, 4.69) is 26.8 Å². The van der Waals surface area contributed by atoms with Gasteiger partial charge < -0.3 is 30.7 Å². The predicted molar refractivity (Wildman–Crippen MR) is 133 cm³/mol. The Hall–Kier alpha value is -4.11. The number of hydrogen-bond donors (Lipinski definition) is 5. The molecule has 1 aliphatic rings. The van der Waals surface area contributed by atoms with E-state index in [1.54, 1.807) is 12.5 Å². The van der Waals surface area contributed by atoms with Crippen molar-refractivity contribution in [2.75, 3.05) is 18.4 Å². The average Bonchev–Trinajstić information content (AvgIpc) is 3.52. The summed E-state index contributed by atoms with van der Waals surface area (Å²) < 4.78 is 6.08. The molecule has 0 unspecified atom stereocenters. The van der Waals surface area contributed by atoms with Crippen LogP contribution in [0.5, 0.6) is 5.75 Å². The lowest BCUT2D eigenvalue weighted by Crippen LogP contribution is -2.50. The Labute approximate surface area is 197 Å². The second-order valence-corrected chi connectivity index (χ2v) is 8.48. The molecule has 1 aliphatic heterocycles. The lowest BCUT2D eigenvalue weighted by molar-refractivity contribution is 0.221. The van der Waals surface area contributed by atoms with Gasteiger partial charge in [0.2, 0.25) is 0 Å². The zero-order valence-electron chi connectivity index (χ0n) is 18.8. The smallest absolute Gasteiger partial charge is 0.159 e. The van der Waals surface area contributed by atoms with Gasteiger partial charge in [0.25, 0.3) is 0 Å². The van der Waals surface area contributed by atoms with Crippen LogP contribution in [0.15, 0.2) is 67.6 Å². The summed E-state index contributed by atoms with van der Waals surface area (Å²) in [6, 6.07) is 15.9. The number of anilines is 1. The first-order valence-corrected chi connectivity index (χ1v) is 11.3. The van der Waals surface area contributed by atoms with Crippen LogP contribution in [0.2, 0.25) is 0 Å². The van der Waals surface area contributed by atoms with Crippen molar-refractivity contribution >= 4 is 22.7 Å². The molecule has 3 heterocycles. The van der Waals surface area contributed by atoms with E-state index in [1.807, 2.05) is 53.4 Å². The highest BCUT2D eigenvalue weighted by molar-refractivity contribution is 5.99. The number of amidine groups is 1. The van der Waals surface area contributed by atoms with E-state index < -0.39 is 5.54 Å². The molecule has 4 aromatic rings. The molecule has 0 amide bonds. The van der Waals surface area contributed by atoms with Crippen LogP contribution in [0, 0.1) is 5.41 Å². The van der Waals surface area contributed by atoms with Crippen molar-refractivity contribution in [3.63, 3.8) is 0 Å². The molecule has 0 atom stereocenters. The molecule has 2 aromatic heterocycles. The minimum Gasteiger partial charge on any atom is -0.487 e. The van der Waals surface area contributed by atoms with Crippen molar-refractivity contribution in [2.24, 2.45) is 5.73 Å². The summed E-state index contributed by atoms with van der Waals surface area (Å²) in [7, 11) is 0. The number of aromatic nitrogens is 4. The minimum absolute atomic E-state index is 0.380. The highest BCUT2D eigenvalue weighted by atomic mass is 16.5. The van der Waals surface area contributed by atoms with Crippen molar-refractivity contribution in [3.8, 4) is 5.75 Å². The topological polar surface area (TPSA) is 132 Å². The van der Waals surface area contributed by atoms with Gasteiger partial charge in [-0.05, 0) is 36.7 Å². The Morgan fingerprint density at radius 3 is 2.76 bits per heavy atom. The molecule has 0 aliphatic carbocycles. The summed E-state index contributed by atoms with van der Waals surface area (Å²) in [6.07, 6.45) is 4.44. The Morgan fingerprint density at radius 2 is 2.00 bits per heavy atom. The number of hydrogen-bond acceptors (Lipinski definition) is 6. The maximum atomic E-state index is 8.63. The average molecular weight is 457 g/mol. The standard InChI is InChI=1S/C25H28N8O/c1-2-28-23-21(29-16-30-23)22(26)33-13-11-25(27,12-14-33)24-31-18-9-6-10-19(20(18)32-24)34-15-17-7-4-3-5-8-17/h2-10,16,26,28H,1,11-15,27H2,(H,29,30)(H,31,32). The molecule has 34 heavy (non-hydrogen) atoms. The molecular weight excluding hydrogens is 428 g/mol. The molecule has 2 aromatic carbocycles. The van der Waals surface area contributed by atoms with E-state index in [4.69, 9.17) is 20.9 Å². The van der Waals surface area contributed by atoms with E-state index in [0.717, 1.165) is 28.2 Å². The summed E-state index contributed by atoms with van der Waals surface area (Å²) in [5.41, 5.74) is 9.65. The Bertz CT molecular complexity index is 1300. The number of aromatic amines is 2. The van der Waals surface area contributed by atoms with E-state index in [0.29, 0.717) is 49.9 Å². The maximum absolute atomic E-state index is 8.63. The fraction of sp³-hybridized carbons (Fsp3) is 0.240. The molecule has 0 bridgehead atoms. The van der Waals surface area contributed by atoms with Crippen molar-refractivity contribution in [3.05, 3.63) is 84.7 Å². The summed E-state index contributed by atoms with van der Waals surface area (Å²) >= 11 is 0. The molecule has 9 heteroatoms. The number of nitrogens with zero attached hydrogens (tertiary/aromatic N) is 3. The molecule has 9 nitrogen and oxygen atoms in total. The first-order chi connectivity index (χ1) is 16.6. The minimum atomic E-state index is -0.608. The van der Waals surface area contributed by atoms with Crippen LogP contribution in [0.4, 0.5) is 5.82 Å². The van der Waals surface area contributed by atoms with Gasteiger partial charge in [0.05, 0.1) is 17.4 Å².